The maximum Gasteiger partial charge on any atom is 0.407 e. The molecule has 27 heavy (non-hydrogen) atoms. The van der Waals surface area contributed by atoms with Gasteiger partial charge in [0.15, 0.2) is 0 Å². The van der Waals surface area contributed by atoms with Gasteiger partial charge in [-0.25, -0.2) is 4.79 Å². The van der Waals surface area contributed by atoms with E-state index in [1.165, 1.54) is 4.90 Å². The van der Waals surface area contributed by atoms with Gasteiger partial charge in [-0.2, -0.15) is 5.10 Å². The summed E-state index contributed by atoms with van der Waals surface area (Å²) in [6.07, 6.45) is 0.673. The number of carbonyl (C=O) groups is 2. The SMILES string of the molecule is Cn1nc(C(C)(C)NC(=O)C2C[C@@H]3CN(C(=O)O)C[C@@H]3C2)c2ccccc21. The third-order valence-electron chi connectivity index (χ3n) is 6.18. The number of fused-ring (bicyclic) bond motifs is 2. The van der Waals surface area contributed by atoms with E-state index in [0.29, 0.717) is 24.9 Å². The second-order valence-electron chi connectivity index (χ2n) is 8.48. The summed E-state index contributed by atoms with van der Waals surface area (Å²) in [6.45, 7) is 5.08. The Morgan fingerprint density at radius 3 is 2.44 bits per heavy atom. The summed E-state index contributed by atoms with van der Waals surface area (Å²) >= 11 is 0. The lowest BCUT2D eigenvalue weighted by molar-refractivity contribution is -0.126. The Morgan fingerprint density at radius 1 is 1.19 bits per heavy atom. The standard InChI is InChI=1S/C20H26N4O3/c1-20(2,17-15-6-4-5-7-16(15)23(3)22-17)21-18(25)12-8-13-10-24(19(26)27)11-14(13)9-12/h4-7,12-14H,8-11H2,1-3H3,(H,21,25)(H,26,27)/t12?,13-,14+. The van der Waals surface area contributed by atoms with Crippen LogP contribution in [0.3, 0.4) is 0 Å². The number of para-hydroxylation sites is 1. The number of rotatable bonds is 3. The molecule has 144 valence electrons. The number of nitrogens with one attached hydrogen (secondary N) is 1. The van der Waals surface area contributed by atoms with Crippen LogP contribution in [0.5, 0.6) is 0 Å². The van der Waals surface area contributed by atoms with E-state index < -0.39 is 11.6 Å². The van der Waals surface area contributed by atoms with Gasteiger partial charge >= 0.3 is 6.09 Å². The first-order chi connectivity index (χ1) is 12.8. The van der Waals surface area contributed by atoms with Crippen LogP contribution in [0.4, 0.5) is 4.79 Å². The highest BCUT2D eigenvalue weighted by atomic mass is 16.4. The van der Waals surface area contributed by atoms with E-state index in [1.54, 1.807) is 0 Å². The Morgan fingerprint density at radius 2 is 1.81 bits per heavy atom. The van der Waals surface area contributed by atoms with Crippen molar-refractivity contribution in [2.75, 3.05) is 13.1 Å². The van der Waals surface area contributed by atoms with Gasteiger partial charge in [0.25, 0.3) is 0 Å². The molecular weight excluding hydrogens is 344 g/mol. The van der Waals surface area contributed by atoms with Gasteiger partial charge in [-0.15, -0.1) is 0 Å². The van der Waals surface area contributed by atoms with Crippen molar-refractivity contribution < 1.29 is 14.7 Å². The number of hydrogen-bond donors (Lipinski definition) is 2. The highest BCUT2D eigenvalue weighted by Crippen LogP contribution is 2.42. The second kappa shape index (κ2) is 6.25. The summed E-state index contributed by atoms with van der Waals surface area (Å²) < 4.78 is 1.85. The number of carboxylic acid groups (broad SMARTS) is 1. The van der Waals surface area contributed by atoms with Crippen molar-refractivity contribution in [2.45, 2.75) is 32.2 Å². The van der Waals surface area contributed by atoms with Gasteiger partial charge in [-0.05, 0) is 44.6 Å². The molecule has 2 N–H and O–H groups in total. The highest BCUT2D eigenvalue weighted by molar-refractivity contribution is 5.85. The first-order valence-corrected chi connectivity index (χ1v) is 9.48. The van der Waals surface area contributed by atoms with Crippen LogP contribution in [0.15, 0.2) is 24.3 Å². The molecule has 1 unspecified atom stereocenters. The van der Waals surface area contributed by atoms with Gasteiger partial charge in [0, 0.05) is 31.4 Å². The number of aryl methyl sites for hydroxylation is 1. The second-order valence-corrected chi connectivity index (χ2v) is 8.48. The molecule has 2 heterocycles. The predicted molar refractivity (Wildman–Crippen MR) is 101 cm³/mol. The number of hydrogen-bond acceptors (Lipinski definition) is 3. The fourth-order valence-corrected chi connectivity index (χ4v) is 4.81. The van der Waals surface area contributed by atoms with Crippen LogP contribution in [-0.2, 0) is 17.4 Å². The molecule has 4 rings (SSSR count). The molecule has 0 spiro atoms. The number of carbonyl (C=O) groups excluding carboxylic acids is 1. The average molecular weight is 370 g/mol. The lowest BCUT2D eigenvalue weighted by Gasteiger charge is -2.27. The van der Waals surface area contributed by atoms with E-state index in [9.17, 15) is 9.59 Å². The Labute approximate surface area is 158 Å². The Hall–Kier alpha value is -2.57. The zero-order valence-corrected chi connectivity index (χ0v) is 16.0. The van der Waals surface area contributed by atoms with Gasteiger partial charge in [0.1, 0.15) is 0 Å². The van der Waals surface area contributed by atoms with Crippen LogP contribution < -0.4 is 5.32 Å². The lowest BCUT2D eigenvalue weighted by Crippen LogP contribution is -2.44. The van der Waals surface area contributed by atoms with E-state index in [2.05, 4.69) is 10.4 Å². The monoisotopic (exact) mass is 370 g/mol. The van der Waals surface area contributed by atoms with Crippen LogP contribution in [0.1, 0.15) is 32.4 Å². The summed E-state index contributed by atoms with van der Waals surface area (Å²) in [4.78, 5) is 25.6. The summed E-state index contributed by atoms with van der Waals surface area (Å²) in [6, 6.07) is 8.02. The van der Waals surface area contributed by atoms with E-state index in [1.807, 2.05) is 49.8 Å². The number of benzene rings is 1. The van der Waals surface area contributed by atoms with Crippen LogP contribution in [0, 0.1) is 17.8 Å². The minimum Gasteiger partial charge on any atom is -0.465 e. The predicted octanol–water partition coefficient (Wildman–Crippen LogP) is 2.56. The van der Waals surface area contributed by atoms with Crippen LogP contribution in [0.25, 0.3) is 10.9 Å². The fraction of sp³-hybridized carbons (Fsp3) is 0.550. The normalized spacial score (nSPS) is 25.0. The fourth-order valence-electron chi connectivity index (χ4n) is 4.81. The van der Waals surface area contributed by atoms with Crippen molar-refractivity contribution >= 4 is 22.9 Å². The lowest BCUT2D eigenvalue weighted by atomic mass is 9.95. The molecule has 7 heteroatoms. The maximum absolute atomic E-state index is 12.9. The van der Waals surface area contributed by atoms with E-state index in [4.69, 9.17) is 5.11 Å². The van der Waals surface area contributed by atoms with Gasteiger partial charge in [-0.1, -0.05) is 18.2 Å². The van der Waals surface area contributed by atoms with Crippen molar-refractivity contribution in [3.05, 3.63) is 30.0 Å². The molecule has 0 radical (unpaired) electrons. The molecule has 2 aromatic rings. The first kappa shape index (κ1) is 17.8. The van der Waals surface area contributed by atoms with E-state index >= 15 is 0 Å². The van der Waals surface area contributed by atoms with Crippen molar-refractivity contribution in [3.8, 4) is 0 Å². The van der Waals surface area contributed by atoms with Crippen molar-refractivity contribution in [3.63, 3.8) is 0 Å². The number of aromatic nitrogens is 2. The zero-order chi connectivity index (χ0) is 19.3. The highest BCUT2D eigenvalue weighted by Gasteiger charge is 2.45. The summed E-state index contributed by atoms with van der Waals surface area (Å²) in [5, 5.41) is 18.1. The van der Waals surface area contributed by atoms with Gasteiger partial charge < -0.3 is 15.3 Å². The maximum atomic E-state index is 12.9. The van der Waals surface area contributed by atoms with Crippen molar-refractivity contribution in [1.29, 1.82) is 0 Å². The molecule has 0 bridgehead atoms. The molecule has 1 saturated carbocycles. The Bertz CT molecular complexity index is 890. The molecule has 2 amide bonds. The third-order valence-corrected chi connectivity index (χ3v) is 6.18. The molecule has 2 fully saturated rings. The summed E-state index contributed by atoms with van der Waals surface area (Å²) in [5.41, 5.74) is 1.33. The first-order valence-electron chi connectivity index (χ1n) is 9.48. The molecule has 7 nitrogen and oxygen atoms in total. The van der Waals surface area contributed by atoms with Crippen molar-refractivity contribution in [1.82, 2.24) is 20.0 Å². The van der Waals surface area contributed by atoms with Gasteiger partial charge in [0.2, 0.25) is 5.91 Å². The number of amides is 2. The molecule has 1 aliphatic heterocycles. The van der Waals surface area contributed by atoms with Gasteiger partial charge in [0.05, 0.1) is 16.7 Å². The third kappa shape index (κ3) is 3.05. The summed E-state index contributed by atoms with van der Waals surface area (Å²) in [5.74, 6) is 0.600. The van der Waals surface area contributed by atoms with Gasteiger partial charge in [-0.3, -0.25) is 9.48 Å². The molecule has 1 aromatic carbocycles. The van der Waals surface area contributed by atoms with Crippen LogP contribution in [0.2, 0.25) is 0 Å². The molecule has 1 aliphatic carbocycles. The van der Waals surface area contributed by atoms with E-state index in [-0.39, 0.29) is 11.8 Å². The zero-order valence-electron chi connectivity index (χ0n) is 16.0. The quantitative estimate of drug-likeness (QED) is 0.869. The largest absolute Gasteiger partial charge is 0.465 e. The van der Waals surface area contributed by atoms with Crippen LogP contribution in [-0.4, -0.2) is 44.9 Å². The Balaban J connectivity index is 1.47. The van der Waals surface area contributed by atoms with E-state index in [0.717, 1.165) is 29.4 Å². The molecule has 3 atom stereocenters. The minimum atomic E-state index is -0.853. The molecule has 1 aromatic heterocycles. The van der Waals surface area contributed by atoms with Crippen molar-refractivity contribution in [2.24, 2.45) is 24.8 Å². The number of nitrogens with zero attached hydrogens (tertiary/aromatic N) is 3. The average Bonchev–Trinajstić information content (AvgIpc) is 3.26. The molecule has 2 aliphatic rings. The number of likely N-dealkylation sites (tertiary alicyclic amines) is 1. The minimum absolute atomic E-state index is 0.0472. The smallest absolute Gasteiger partial charge is 0.407 e. The molecular formula is C20H26N4O3. The molecule has 1 saturated heterocycles. The summed E-state index contributed by atoms with van der Waals surface area (Å²) in [7, 11) is 1.91. The topological polar surface area (TPSA) is 87.5 Å². The Kier molecular flexibility index (Phi) is 4.13. The van der Waals surface area contributed by atoms with Crippen LogP contribution >= 0.6 is 0 Å².